The molecular weight excluding hydrogens is 320 g/mol. The van der Waals surface area contributed by atoms with E-state index in [1.54, 1.807) is 0 Å². The van der Waals surface area contributed by atoms with Crippen molar-refractivity contribution in [2.75, 3.05) is 0 Å². The Hall–Kier alpha value is -2.15. The minimum atomic E-state index is -0.869. The second kappa shape index (κ2) is 5.49. The highest BCUT2D eigenvalue weighted by Gasteiger charge is 2.27. The average Bonchev–Trinajstić information content (AvgIpc) is 3.29. The van der Waals surface area contributed by atoms with E-state index in [2.05, 4.69) is 10.1 Å². The fourth-order valence-electron chi connectivity index (χ4n) is 2.43. The molecular formula is C16H13F2N3OS. The van der Waals surface area contributed by atoms with Gasteiger partial charge in [-0.2, -0.15) is 9.61 Å². The number of aromatic nitrogens is 3. The second-order valence-electron chi connectivity index (χ2n) is 5.56. The summed E-state index contributed by atoms with van der Waals surface area (Å²) in [5.41, 5.74) is 2.10. The van der Waals surface area contributed by atoms with Gasteiger partial charge in [-0.3, -0.25) is 0 Å². The molecule has 0 bridgehead atoms. The Balaban J connectivity index is 1.60. The molecule has 1 saturated carbocycles. The van der Waals surface area contributed by atoms with Gasteiger partial charge in [0.25, 0.3) is 0 Å². The predicted molar refractivity (Wildman–Crippen MR) is 82.5 cm³/mol. The molecule has 0 atom stereocenters. The zero-order valence-corrected chi connectivity index (χ0v) is 12.9. The van der Waals surface area contributed by atoms with Gasteiger partial charge >= 0.3 is 0 Å². The van der Waals surface area contributed by atoms with Gasteiger partial charge in [-0.25, -0.2) is 13.8 Å². The van der Waals surface area contributed by atoms with Crippen molar-refractivity contribution >= 4 is 17.4 Å². The monoisotopic (exact) mass is 333 g/mol. The van der Waals surface area contributed by atoms with Crippen molar-refractivity contribution in [3.8, 4) is 5.88 Å². The van der Waals surface area contributed by atoms with E-state index in [0.717, 1.165) is 36.4 Å². The third-order valence-electron chi connectivity index (χ3n) is 3.77. The third kappa shape index (κ3) is 2.76. The number of halogens is 2. The SMILES string of the molecule is Oc1cc(CSc2cccc(F)c2F)nc2cc(C3CC3)nn12. The molecule has 23 heavy (non-hydrogen) atoms. The predicted octanol–water partition coefficient (Wildman–Crippen LogP) is 3.88. The topological polar surface area (TPSA) is 50.4 Å². The molecule has 0 saturated heterocycles. The third-order valence-corrected chi connectivity index (χ3v) is 4.83. The molecule has 1 N–H and O–H groups in total. The zero-order chi connectivity index (χ0) is 16.0. The average molecular weight is 333 g/mol. The van der Waals surface area contributed by atoms with E-state index in [9.17, 15) is 13.9 Å². The Labute approximate surface area is 135 Å². The van der Waals surface area contributed by atoms with Gasteiger partial charge in [-0.05, 0) is 25.0 Å². The number of fused-ring (bicyclic) bond motifs is 1. The van der Waals surface area contributed by atoms with Crippen molar-refractivity contribution in [1.29, 1.82) is 0 Å². The minimum absolute atomic E-state index is 0.00258. The molecule has 0 amide bonds. The van der Waals surface area contributed by atoms with Crippen LogP contribution in [-0.4, -0.2) is 19.7 Å². The lowest BCUT2D eigenvalue weighted by atomic mass is 10.3. The first kappa shape index (κ1) is 14.4. The molecule has 0 radical (unpaired) electrons. The first-order valence-corrected chi connectivity index (χ1v) is 8.26. The van der Waals surface area contributed by atoms with E-state index in [-0.39, 0.29) is 10.8 Å². The number of nitrogens with zero attached hydrogens (tertiary/aromatic N) is 3. The van der Waals surface area contributed by atoms with Gasteiger partial charge in [-0.1, -0.05) is 6.07 Å². The van der Waals surface area contributed by atoms with Crippen LogP contribution in [0.25, 0.3) is 5.65 Å². The van der Waals surface area contributed by atoms with Crippen molar-refractivity contribution < 1.29 is 13.9 Å². The summed E-state index contributed by atoms with van der Waals surface area (Å²) in [5.74, 6) is -0.934. The fourth-order valence-corrected chi connectivity index (χ4v) is 3.28. The number of hydrogen-bond donors (Lipinski definition) is 1. The fraction of sp³-hybridized carbons (Fsp3) is 0.250. The Bertz CT molecular complexity index is 892. The molecule has 1 aliphatic rings. The van der Waals surface area contributed by atoms with E-state index < -0.39 is 11.6 Å². The molecule has 0 unspecified atom stereocenters. The first-order chi connectivity index (χ1) is 11.1. The van der Waals surface area contributed by atoms with E-state index in [0.29, 0.717) is 23.0 Å². The molecule has 0 spiro atoms. The number of rotatable bonds is 4. The van der Waals surface area contributed by atoms with Crippen molar-refractivity contribution in [3.63, 3.8) is 0 Å². The van der Waals surface area contributed by atoms with Gasteiger partial charge < -0.3 is 5.11 Å². The minimum Gasteiger partial charge on any atom is -0.493 e. The van der Waals surface area contributed by atoms with Crippen LogP contribution in [0, 0.1) is 11.6 Å². The summed E-state index contributed by atoms with van der Waals surface area (Å²) >= 11 is 1.14. The summed E-state index contributed by atoms with van der Waals surface area (Å²) in [5, 5.41) is 14.4. The molecule has 7 heteroatoms. The maximum absolute atomic E-state index is 13.7. The highest BCUT2D eigenvalue weighted by atomic mass is 32.2. The van der Waals surface area contributed by atoms with Gasteiger partial charge in [0, 0.05) is 28.7 Å². The van der Waals surface area contributed by atoms with Gasteiger partial charge in [0.05, 0.1) is 11.4 Å². The van der Waals surface area contributed by atoms with Crippen LogP contribution < -0.4 is 0 Å². The summed E-state index contributed by atoms with van der Waals surface area (Å²) in [4.78, 5) is 4.66. The van der Waals surface area contributed by atoms with Crippen LogP contribution in [0.15, 0.2) is 35.2 Å². The summed E-state index contributed by atoms with van der Waals surface area (Å²) in [7, 11) is 0. The maximum atomic E-state index is 13.7. The number of hydrogen-bond acceptors (Lipinski definition) is 4. The Morgan fingerprint density at radius 2 is 2.09 bits per heavy atom. The summed E-state index contributed by atoms with van der Waals surface area (Å²) < 4.78 is 28.3. The molecule has 2 aromatic heterocycles. The molecule has 3 aromatic rings. The van der Waals surface area contributed by atoms with Crippen LogP contribution >= 0.6 is 11.8 Å². The number of benzene rings is 1. The lowest BCUT2D eigenvalue weighted by Gasteiger charge is -2.05. The van der Waals surface area contributed by atoms with Crippen LogP contribution in [-0.2, 0) is 5.75 Å². The Morgan fingerprint density at radius 3 is 2.87 bits per heavy atom. The van der Waals surface area contributed by atoms with Crippen LogP contribution in [0.1, 0.15) is 30.1 Å². The maximum Gasteiger partial charge on any atom is 0.215 e. The van der Waals surface area contributed by atoms with Gasteiger partial charge in [0.1, 0.15) is 0 Å². The van der Waals surface area contributed by atoms with Crippen molar-refractivity contribution in [3.05, 3.63) is 53.4 Å². The molecule has 1 aliphatic carbocycles. The van der Waals surface area contributed by atoms with E-state index in [1.807, 2.05) is 6.07 Å². The van der Waals surface area contributed by atoms with Gasteiger partial charge in [0.15, 0.2) is 17.3 Å². The van der Waals surface area contributed by atoms with Crippen LogP contribution in [0.5, 0.6) is 5.88 Å². The van der Waals surface area contributed by atoms with Crippen LogP contribution in [0.4, 0.5) is 8.78 Å². The molecule has 1 aromatic carbocycles. The largest absolute Gasteiger partial charge is 0.493 e. The van der Waals surface area contributed by atoms with Crippen LogP contribution in [0.3, 0.4) is 0 Å². The normalized spacial score (nSPS) is 14.5. The molecule has 4 nitrogen and oxygen atoms in total. The van der Waals surface area contributed by atoms with Gasteiger partial charge in [-0.15, -0.1) is 11.8 Å². The summed E-state index contributed by atoms with van der Waals surface area (Å²) in [6.45, 7) is 0. The quantitative estimate of drug-likeness (QED) is 0.736. The van der Waals surface area contributed by atoms with Crippen molar-refractivity contribution in [1.82, 2.24) is 14.6 Å². The summed E-state index contributed by atoms with van der Waals surface area (Å²) in [6, 6.07) is 7.44. The Kier molecular flexibility index (Phi) is 3.45. The van der Waals surface area contributed by atoms with E-state index in [1.165, 1.54) is 22.7 Å². The van der Waals surface area contributed by atoms with Crippen molar-refractivity contribution in [2.45, 2.75) is 29.4 Å². The molecule has 118 valence electrons. The highest BCUT2D eigenvalue weighted by Crippen LogP contribution is 2.39. The molecule has 1 fully saturated rings. The summed E-state index contributed by atoms with van der Waals surface area (Å²) in [6.07, 6.45) is 2.23. The number of thioether (sulfide) groups is 1. The molecule has 4 rings (SSSR count). The van der Waals surface area contributed by atoms with E-state index >= 15 is 0 Å². The standard InChI is InChI=1S/C16H13F2N3OS/c17-11-2-1-3-13(16(11)18)23-8-10-6-15(22)21-14(19-10)7-12(20-21)9-4-5-9/h1-3,6-7,9,22H,4-5,8H2. The first-order valence-electron chi connectivity index (χ1n) is 7.27. The lowest BCUT2D eigenvalue weighted by molar-refractivity contribution is 0.433. The smallest absolute Gasteiger partial charge is 0.215 e. The molecule has 0 aliphatic heterocycles. The van der Waals surface area contributed by atoms with Crippen molar-refractivity contribution in [2.24, 2.45) is 0 Å². The Morgan fingerprint density at radius 1 is 1.26 bits per heavy atom. The zero-order valence-electron chi connectivity index (χ0n) is 12.0. The van der Waals surface area contributed by atoms with E-state index in [4.69, 9.17) is 0 Å². The lowest BCUT2D eigenvalue weighted by Crippen LogP contribution is -1.96. The van der Waals surface area contributed by atoms with Crippen LogP contribution in [0.2, 0.25) is 0 Å². The highest BCUT2D eigenvalue weighted by molar-refractivity contribution is 7.98. The molecule has 2 heterocycles. The van der Waals surface area contributed by atoms with Gasteiger partial charge in [0.2, 0.25) is 5.88 Å². The second-order valence-corrected chi connectivity index (χ2v) is 6.58. The number of aromatic hydroxyl groups is 1.